The molecule has 0 saturated heterocycles. The Bertz CT molecular complexity index is 549. The predicted molar refractivity (Wildman–Crippen MR) is 102 cm³/mol. The zero-order valence-electron chi connectivity index (χ0n) is 16.1. The fourth-order valence-corrected chi connectivity index (χ4v) is 2.80. The molecule has 1 aromatic rings. The average molecular weight is 368 g/mol. The highest BCUT2D eigenvalue weighted by atomic mass is 16.7. The van der Waals surface area contributed by atoms with Crippen LogP contribution in [0.5, 0.6) is 5.75 Å². The Labute approximate surface area is 155 Å². The summed E-state index contributed by atoms with van der Waals surface area (Å²) >= 11 is 0. The molecule has 0 saturated carbocycles. The van der Waals surface area contributed by atoms with Crippen LogP contribution in [-0.4, -0.2) is 27.6 Å². The summed E-state index contributed by atoms with van der Waals surface area (Å²) in [5, 5.41) is 22.9. The second-order valence-corrected chi connectivity index (χ2v) is 6.14. The third-order valence-electron chi connectivity index (χ3n) is 4.04. The lowest BCUT2D eigenvalue weighted by Gasteiger charge is -2.18. The standard InChI is InChI=1S/C19H30O3.CH2O3/c1-4-7-10-15-13-14-18(22-19(20)21)17(12-9-6-3)16(15)11-8-5-2;2-1(3)4/h13-14H,4-12H2,1-3H3,(H,20,21);(H2,2,3,4). The molecule has 0 fully saturated rings. The van der Waals surface area contributed by atoms with Gasteiger partial charge in [-0.15, -0.1) is 0 Å². The zero-order valence-corrected chi connectivity index (χ0v) is 16.1. The van der Waals surface area contributed by atoms with E-state index in [0.29, 0.717) is 5.75 Å². The Morgan fingerprint density at radius 3 is 1.73 bits per heavy atom. The van der Waals surface area contributed by atoms with Crippen LogP contribution >= 0.6 is 0 Å². The van der Waals surface area contributed by atoms with E-state index in [9.17, 15) is 4.79 Å². The Morgan fingerprint density at radius 1 is 0.808 bits per heavy atom. The van der Waals surface area contributed by atoms with E-state index >= 15 is 0 Å². The molecule has 3 N–H and O–H groups in total. The fourth-order valence-electron chi connectivity index (χ4n) is 2.80. The number of carbonyl (C=O) groups is 2. The van der Waals surface area contributed by atoms with Gasteiger partial charge in [-0.1, -0.05) is 46.1 Å². The van der Waals surface area contributed by atoms with E-state index in [-0.39, 0.29) is 0 Å². The summed E-state index contributed by atoms with van der Waals surface area (Å²) < 4.78 is 5.04. The molecule has 0 radical (unpaired) electrons. The lowest BCUT2D eigenvalue weighted by Crippen LogP contribution is -2.09. The average Bonchev–Trinajstić information content (AvgIpc) is 2.56. The van der Waals surface area contributed by atoms with Crippen molar-refractivity contribution >= 4 is 12.3 Å². The monoisotopic (exact) mass is 368 g/mol. The van der Waals surface area contributed by atoms with Gasteiger partial charge in [0.25, 0.3) is 0 Å². The number of unbranched alkanes of at least 4 members (excludes halogenated alkanes) is 3. The summed E-state index contributed by atoms with van der Waals surface area (Å²) in [5.41, 5.74) is 3.83. The Morgan fingerprint density at radius 2 is 1.27 bits per heavy atom. The number of benzene rings is 1. The number of hydrogen-bond acceptors (Lipinski definition) is 3. The van der Waals surface area contributed by atoms with Gasteiger partial charge in [0, 0.05) is 0 Å². The lowest BCUT2D eigenvalue weighted by atomic mass is 9.90. The maximum atomic E-state index is 11.0. The second-order valence-electron chi connectivity index (χ2n) is 6.14. The molecule has 0 heterocycles. The van der Waals surface area contributed by atoms with Gasteiger partial charge >= 0.3 is 12.3 Å². The van der Waals surface area contributed by atoms with Crippen LogP contribution in [0.25, 0.3) is 0 Å². The van der Waals surface area contributed by atoms with Crippen LogP contribution in [0, 0.1) is 0 Å². The van der Waals surface area contributed by atoms with Crippen molar-refractivity contribution in [1.29, 1.82) is 0 Å². The quantitative estimate of drug-likeness (QED) is 0.346. The van der Waals surface area contributed by atoms with Gasteiger partial charge in [-0.3, -0.25) is 0 Å². The highest BCUT2D eigenvalue weighted by Gasteiger charge is 2.15. The Balaban J connectivity index is 0.00000141. The van der Waals surface area contributed by atoms with Crippen molar-refractivity contribution in [2.24, 2.45) is 0 Å². The van der Waals surface area contributed by atoms with Crippen LogP contribution in [0.3, 0.4) is 0 Å². The first-order valence-corrected chi connectivity index (χ1v) is 9.33. The Hall–Kier alpha value is -2.24. The normalized spacial score (nSPS) is 9.96. The Kier molecular flexibility index (Phi) is 12.8. The largest absolute Gasteiger partial charge is 0.511 e. The first-order chi connectivity index (χ1) is 12.4. The molecule has 0 atom stereocenters. The topological polar surface area (TPSA) is 104 Å². The molecule has 0 aliphatic rings. The van der Waals surface area contributed by atoms with Gasteiger partial charge in [0.1, 0.15) is 5.75 Å². The molecule has 26 heavy (non-hydrogen) atoms. The maximum absolute atomic E-state index is 11.0. The molecule has 6 nitrogen and oxygen atoms in total. The van der Waals surface area contributed by atoms with Crippen molar-refractivity contribution in [2.75, 3.05) is 0 Å². The summed E-state index contributed by atoms with van der Waals surface area (Å²) in [6.07, 6.45) is 6.72. The van der Waals surface area contributed by atoms with Gasteiger partial charge in [0.05, 0.1) is 0 Å². The van der Waals surface area contributed by atoms with E-state index in [4.69, 9.17) is 24.9 Å². The second kappa shape index (κ2) is 14.0. The van der Waals surface area contributed by atoms with Gasteiger partial charge in [0.15, 0.2) is 0 Å². The highest BCUT2D eigenvalue weighted by Crippen LogP contribution is 2.30. The van der Waals surface area contributed by atoms with Crippen LogP contribution in [0.1, 0.15) is 76.0 Å². The van der Waals surface area contributed by atoms with Crippen molar-refractivity contribution in [1.82, 2.24) is 0 Å². The number of carboxylic acid groups (broad SMARTS) is 3. The maximum Gasteiger partial charge on any atom is 0.511 e. The molecule has 0 aliphatic heterocycles. The molecule has 0 unspecified atom stereocenters. The van der Waals surface area contributed by atoms with E-state index < -0.39 is 12.3 Å². The smallest absolute Gasteiger partial charge is 0.450 e. The van der Waals surface area contributed by atoms with Crippen molar-refractivity contribution in [3.05, 3.63) is 28.8 Å². The van der Waals surface area contributed by atoms with Crippen molar-refractivity contribution in [2.45, 2.75) is 78.6 Å². The molecule has 148 valence electrons. The number of hydrogen-bond donors (Lipinski definition) is 3. The molecule has 0 amide bonds. The number of ether oxygens (including phenoxy) is 1. The van der Waals surface area contributed by atoms with E-state index in [0.717, 1.165) is 50.5 Å². The summed E-state index contributed by atoms with van der Waals surface area (Å²) in [7, 11) is 0. The van der Waals surface area contributed by atoms with E-state index in [1.807, 2.05) is 6.07 Å². The third kappa shape index (κ3) is 9.91. The minimum Gasteiger partial charge on any atom is -0.450 e. The predicted octanol–water partition coefficient (Wildman–Crippen LogP) is 5.99. The van der Waals surface area contributed by atoms with Gasteiger partial charge in [-0.2, -0.15) is 0 Å². The van der Waals surface area contributed by atoms with Crippen molar-refractivity contribution in [3.63, 3.8) is 0 Å². The van der Waals surface area contributed by atoms with Gasteiger partial charge in [-0.25, -0.2) is 9.59 Å². The minimum absolute atomic E-state index is 0.535. The lowest BCUT2D eigenvalue weighted by molar-refractivity contribution is 0.136. The van der Waals surface area contributed by atoms with E-state index in [1.54, 1.807) is 0 Å². The first kappa shape index (κ1) is 23.8. The van der Waals surface area contributed by atoms with Crippen LogP contribution in [0.15, 0.2) is 12.1 Å². The molecular formula is C20H32O6. The molecule has 0 aromatic heterocycles. The van der Waals surface area contributed by atoms with Crippen LogP contribution < -0.4 is 4.74 Å². The fraction of sp³-hybridized carbons (Fsp3) is 0.600. The molecule has 0 spiro atoms. The van der Waals surface area contributed by atoms with Crippen LogP contribution in [0.4, 0.5) is 9.59 Å². The van der Waals surface area contributed by atoms with E-state index in [1.165, 1.54) is 24.0 Å². The van der Waals surface area contributed by atoms with Gasteiger partial charge < -0.3 is 20.1 Å². The zero-order chi connectivity index (χ0) is 19.9. The molecular weight excluding hydrogens is 336 g/mol. The summed E-state index contributed by atoms with van der Waals surface area (Å²) in [6.45, 7) is 6.55. The molecule has 0 aliphatic carbocycles. The summed E-state index contributed by atoms with van der Waals surface area (Å²) in [4.78, 5) is 19.5. The molecule has 1 rings (SSSR count). The molecule has 6 heteroatoms. The first-order valence-electron chi connectivity index (χ1n) is 9.33. The summed E-state index contributed by atoms with van der Waals surface area (Å²) in [5.74, 6) is 0.535. The van der Waals surface area contributed by atoms with Gasteiger partial charge in [-0.05, 0) is 61.3 Å². The third-order valence-corrected chi connectivity index (χ3v) is 4.04. The summed E-state index contributed by atoms with van der Waals surface area (Å²) in [6, 6.07) is 3.91. The molecule has 1 aromatic carbocycles. The van der Waals surface area contributed by atoms with Crippen LogP contribution in [0.2, 0.25) is 0 Å². The highest BCUT2D eigenvalue weighted by molar-refractivity contribution is 5.63. The molecule has 0 bridgehead atoms. The van der Waals surface area contributed by atoms with Crippen molar-refractivity contribution < 1.29 is 29.6 Å². The number of rotatable bonds is 10. The van der Waals surface area contributed by atoms with Crippen LogP contribution in [-0.2, 0) is 19.3 Å². The number of aryl methyl sites for hydroxylation is 1. The van der Waals surface area contributed by atoms with E-state index in [2.05, 4.69) is 26.8 Å². The minimum atomic E-state index is -1.83. The van der Waals surface area contributed by atoms with Gasteiger partial charge in [0.2, 0.25) is 0 Å². The SMILES string of the molecule is CCCCc1ccc(OC(=O)O)c(CCCC)c1CCCC.O=C(O)O. The van der Waals surface area contributed by atoms with Crippen molar-refractivity contribution in [3.8, 4) is 5.75 Å².